The second-order valence-corrected chi connectivity index (χ2v) is 36.5. The summed E-state index contributed by atoms with van der Waals surface area (Å²) in [6.45, 7) is 12.2. The van der Waals surface area contributed by atoms with Crippen molar-refractivity contribution < 1.29 is 207 Å². The highest BCUT2D eigenvalue weighted by atomic mass is 16.8. The van der Waals surface area contributed by atoms with Crippen molar-refractivity contribution in [1.82, 2.24) is 0 Å². The Hall–Kier alpha value is -3.58. The molecule has 0 bridgehead atoms. The van der Waals surface area contributed by atoms with Gasteiger partial charge in [-0.2, -0.15) is 0 Å². The fourth-order valence-electron chi connectivity index (χ4n) is 21.7. The van der Waals surface area contributed by atoms with Gasteiger partial charge in [0.25, 0.3) is 0 Å². The minimum absolute atomic E-state index is 0.0136. The summed E-state index contributed by atoms with van der Waals surface area (Å²) < 4.78 is 103. The lowest BCUT2D eigenvalue weighted by molar-refractivity contribution is -0.398. The standard InChI is InChI=1S/C77H120O42/c1-26-54(112-67-58(42(88)33(84)23-104-67)116-68-57(41(87)32(83)24-105-68)114-63-50(96)40(86)31(82)22-103-63)49(95)53(99)64(106-26)118-61-60(117-66-52(98)46(92)44(90)35(21-79)110-66)55(108-28(3)81)27(2)107-70(61)119-71(102)77-17-16-72(4,5)18-30(77)29-10-11-37-73(6)14-13-39(74(7,25-80)36(73)12-15-75(37,8)76(29,9)19-38(77)85)111-69-59(48(94)47(93)56(113-69)62(100)101)115-65-51(97)45(91)43(89)34(20-78)109-65/h10,25-27,30-61,63-70,78-79,82-99H,11-24H2,1-9H3,(H,100,101)/t26-,27+,30-,31-,32-,33+,34+,35+,36+,37+,38+,39-,40-,41-,42-,43-,44+,45-,46-,47-,48-,49-,50+,51+,52+,53+,54-,55-,56-,57+,58+,59+,60-,61+,63-,64-,65-,66-,67-,68-,69+,70-,73-,74-,75+,76+,77+/m0/s1. The van der Waals surface area contributed by atoms with E-state index in [1.54, 1.807) is 6.92 Å². The van der Waals surface area contributed by atoms with Crippen LogP contribution in [0, 0.1) is 50.2 Å². The zero-order valence-electron chi connectivity index (χ0n) is 67.3. The van der Waals surface area contributed by atoms with Crippen molar-refractivity contribution in [1.29, 1.82) is 0 Å². The van der Waals surface area contributed by atoms with Crippen molar-refractivity contribution >= 4 is 24.2 Å². The van der Waals surface area contributed by atoms with Gasteiger partial charge in [-0.1, -0.05) is 53.2 Å². The number of carbonyl (C=O) groups is 4. The summed E-state index contributed by atoms with van der Waals surface area (Å²) in [4.78, 5) is 56.4. The molecule has 0 radical (unpaired) electrons. The zero-order valence-corrected chi connectivity index (χ0v) is 67.3. The number of ether oxygens (including phenoxy) is 17. The highest BCUT2D eigenvalue weighted by molar-refractivity contribution is 5.80. The number of aliphatic carboxylic acids is 1. The van der Waals surface area contributed by atoms with Crippen molar-refractivity contribution in [3.63, 3.8) is 0 Å². The smallest absolute Gasteiger partial charge is 0.335 e. The maximum Gasteiger partial charge on any atom is 0.335 e. The summed E-state index contributed by atoms with van der Waals surface area (Å²) in [7, 11) is 0. The maximum atomic E-state index is 16.4. The Kier molecular flexibility index (Phi) is 27.8. The fraction of sp³-hybridized carbons (Fsp3) is 0.922. The molecular formula is C77H120O42. The predicted octanol–water partition coefficient (Wildman–Crippen LogP) is -7.95. The first kappa shape index (κ1) is 93.1. The Morgan fingerprint density at radius 1 is 0.454 bits per heavy atom. The van der Waals surface area contributed by atoms with E-state index in [2.05, 4.69) is 26.8 Å². The molecule has 0 aromatic carbocycles. The molecule has 0 spiro atoms. The van der Waals surface area contributed by atoms with E-state index in [-0.39, 0.29) is 25.2 Å². The van der Waals surface area contributed by atoms with E-state index in [0.29, 0.717) is 38.5 Å². The van der Waals surface area contributed by atoms with Gasteiger partial charge < -0.3 is 193 Å². The number of hydrogen-bond acceptors (Lipinski definition) is 41. The molecule has 0 unspecified atom stereocenters. The number of fused-ring (bicyclic) bond motifs is 7. The number of esters is 2. The van der Waals surface area contributed by atoms with E-state index < -0.39 is 335 Å². The van der Waals surface area contributed by atoms with Crippen molar-refractivity contribution in [3.8, 4) is 0 Å². The number of carbonyl (C=O) groups excluding carboxylic acids is 3. The Morgan fingerprint density at radius 3 is 1.50 bits per heavy atom. The van der Waals surface area contributed by atoms with Gasteiger partial charge in [0.2, 0.25) is 6.29 Å². The van der Waals surface area contributed by atoms with E-state index in [1.807, 2.05) is 13.8 Å². The van der Waals surface area contributed by atoms with Crippen molar-refractivity contribution in [3.05, 3.63) is 11.6 Å². The number of hydrogen-bond donors (Lipinski definition) is 21. The Labute approximate surface area is 683 Å². The number of aldehydes is 1. The summed E-state index contributed by atoms with van der Waals surface area (Å²) in [5.41, 5.74) is -5.28. The van der Waals surface area contributed by atoms with Crippen LogP contribution in [0.25, 0.3) is 0 Å². The molecule has 8 saturated heterocycles. The number of aliphatic hydroxyl groups excluding tert-OH is 20. The lowest BCUT2D eigenvalue weighted by Gasteiger charge is -2.71. The van der Waals surface area contributed by atoms with E-state index in [0.717, 1.165) is 18.8 Å². The molecule has 47 atom stereocenters. The van der Waals surface area contributed by atoms with Crippen molar-refractivity contribution in [2.24, 2.45) is 50.2 Å². The summed E-state index contributed by atoms with van der Waals surface area (Å²) in [5.74, 6) is -5.24. The minimum Gasteiger partial charge on any atom is -0.479 e. The molecule has 119 heavy (non-hydrogen) atoms. The Balaban J connectivity index is 0.782. The first-order valence-corrected chi connectivity index (χ1v) is 40.8. The van der Waals surface area contributed by atoms with Crippen LogP contribution >= 0.6 is 0 Å². The average molecular weight is 1720 g/mol. The quantitative estimate of drug-likeness (QED) is 0.0220. The average Bonchev–Trinajstić information content (AvgIpc) is 0.669. The lowest BCUT2D eigenvalue weighted by atomic mass is 9.33. The molecule has 13 aliphatic rings. The normalized spacial score (nSPS) is 53.8. The maximum absolute atomic E-state index is 16.4. The zero-order chi connectivity index (χ0) is 86.9. The highest BCUT2D eigenvalue weighted by Crippen LogP contribution is 2.76. The van der Waals surface area contributed by atoms with Gasteiger partial charge in [-0.15, -0.1) is 0 Å². The van der Waals surface area contributed by atoms with Gasteiger partial charge in [0.05, 0.1) is 62.9 Å². The second kappa shape index (κ2) is 35.6. The molecule has 680 valence electrons. The molecule has 42 nitrogen and oxygen atoms in total. The molecule has 8 heterocycles. The molecule has 12 fully saturated rings. The van der Waals surface area contributed by atoms with Crippen molar-refractivity contribution in [2.75, 3.05) is 33.0 Å². The number of rotatable bonds is 21. The Morgan fingerprint density at radius 2 is 0.933 bits per heavy atom. The van der Waals surface area contributed by atoms with Crippen LogP contribution in [-0.4, -0.2) is 404 Å². The van der Waals surface area contributed by atoms with E-state index >= 15 is 4.79 Å². The summed E-state index contributed by atoms with van der Waals surface area (Å²) >= 11 is 0. The van der Waals surface area contributed by atoms with Crippen LogP contribution in [-0.2, 0) is 99.7 Å². The predicted molar refractivity (Wildman–Crippen MR) is 384 cm³/mol. The topological polar surface area (TPSA) is 650 Å². The first-order chi connectivity index (χ1) is 55.9. The third-order valence-electron chi connectivity index (χ3n) is 28.9. The van der Waals surface area contributed by atoms with Crippen molar-refractivity contribution in [2.45, 2.75) is 360 Å². The third kappa shape index (κ3) is 16.6. The van der Waals surface area contributed by atoms with Gasteiger partial charge in [-0.05, 0) is 111 Å². The van der Waals surface area contributed by atoms with Crippen LogP contribution in [0.3, 0.4) is 0 Å². The van der Waals surface area contributed by atoms with Crippen LogP contribution in [0.5, 0.6) is 0 Å². The van der Waals surface area contributed by atoms with E-state index in [1.165, 1.54) is 13.8 Å². The van der Waals surface area contributed by atoms with Crippen LogP contribution in [0.1, 0.15) is 120 Å². The molecule has 5 aliphatic carbocycles. The van der Waals surface area contributed by atoms with Gasteiger partial charge in [0.1, 0.15) is 158 Å². The van der Waals surface area contributed by atoms with Gasteiger partial charge in [-0.3, -0.25) is 9.59 Å². The van der Waals surface area contributed by atoms with Crippen LogP contribution in [0.15, 0.2) is 11.6 Å². The second-order valence-electron chi connectivity index (χ2n) is 36.5. The molecule has 42 heteroatoms. The molecular weight excluding hydrogens is 1600 g/mol. The molecule has 13 rings (SSSR count). The van der Waals surface area contributed by atoms with E-state index in [9.17, 15) is 122 Å². The number of allylic oxidation sites excluding steroid dienone is 2. The molecule has 4 saturated carbocycles. The van der Waals surface area contributed by atoms with Crippen LogP contribution in [0.2, 0.25) is 0 Å². The van der Waals surface area contributed by atoms with Gasteiger partial charge in [-0.25, -0.2) is 4.79 Å². The van der Waals surface area contributed by atoms with Gasteiger partial charge >= 0.3 is 17.9 Å². The number of carboxylic acid groups (broad SMARTS) is 1. The van der Waals surface area contributed by atoms with Crippen LogP contribution in [0.4, 0.5) is 0 Å². The molecule has 0 aromatic heterocycles. The highest BCUT2D eigenvalue weighted by Gasteiger charge is 2.74. The number of carboxylic acids is 1. The largest absolute Gasteiger partial charge is 0.479 e. The lowest BCUT2D eigenvalue weighted by Crippen LogP contribution is -2.69. The van der Waals surface area contributed by atoms with Crippen LogP contribution < -0.4 is 0 Å². The number of aliphatic hydroxyl groups is 20. The fourth-order valence-corrected chi connectivity index (χ4v) is 21.7. The van der Waals surface area contributed by atoms with Gasteiger partial charge in [0, 0.05) is 6.92 Å². The molecule has 8 aliphatic heterocycles. The summed E-state index contributed by atoms with van der Waals surface area (Å²) in [6, 6.07) is 0. The molecule has 0 aromatic rings. The third-order valence-corrected chi connectivity index (χ3v) is 28.9. The monoisotopic (exact) mass is 1720 g/mol. The summed E-state index contributed by atoms with van der Waals surface area (Å²) in [5, 5.41) is 233. The van der Waals surface area contributed by atoms with E-state index in [4.69, 9.17) is 80.5 Å². The Bertz CT molecular complexity index is 3540. The minimum atomic E-state index is -2.27. The molecule has 21 N–H and O–H groups in total. The van der Waals surface area contributed by atoms with Gasteiger partial charge in [0.15, 0.2) is 62.3 Å². The first-order valence-electron chi connectivity index (χ1n) is 40.8. The SMILES string of the molecule is CC(=O)O[C@@H]1[C@H](O[C@@H]2O[C@H](CO)[C@@H](O)[C@H](O)[C@H]2O)[C@@H](O[C@@H]2O[C@@H](C)[C@H](O[C@@H]3OC[C@@H](O)[C@H](O)[C@H]3O[C@@H]3OC[C@H](O)[C@H](O)[C@H]3O[C@@H]3OC[C@H](O)[C@H](O)[C@H]3O)[C@@H](O)[C@H]2O)[C@H](OC(=O)[C@]23CCC(C)(C)C[C@H]2C2=CC[C@@H]4[C@@]5(C)CC[C@H](O[C@@H]6O[C@H](C(=O)O)[C@@H](O)[C@H](O)[C@H]6O[C@@H]6O[C@H](CO)[C@H](O)[C@H](O)[C@H]6O)[C@@](C)(C=O)[C@@H]5CC[C@@]4(C)[C@]2(C)C[C@H]3O)O[C@@H]1C. The molecule has 0 amide bonds. The summed E-state index contributed by atoms with van der Waals surface area (Å²) in [6.07, 6.45) is -67.1.